The van der Waals surface area contributed by atoms with Crippen LogP contribution in [0, 0.1) is 0 Å². The second-order valence-corrected chi connectivity index (χ2v) is 11.3. The van der Waals surface area contributed by atoms with Crippen molar-refractivity contribution >= 4 is 55.1 Å². The summed E-state index contributed by atoms with van der Waals surface area (Å²) in [6.07, 6.45) is 2.17. The number of hydrogen-bond donors (Lipinski definition) is 1. The molecule has 0 aliphatic heterocycles. The molecule has 0 aromatic heterocycles. The second-order valence-electron chi connectivity index (χ2n) is 8.11. The van der Waals surface area contributed by atoms with Crippen LogP contribution in [0.5, 0.6) is 0 Å². The Morgan fingerprint density at radius 3 is 2.21 bits per heavy atom. The predicted molar refractivity (Wildman–Crippen MR) is 140 cm³/mol. The quantitative estimate of drug-likeness (QED) is 0.427. The van der Waals surface area contributed by atoms with Gasteiger partial charge in [-0.15, -0.1) is 0 Å². The fourth-order valence-electron chi connectivity index (χ4n) is 3.40. The Labute approximate surface area is 215 Å². The molecule has 0 heterocycles. The van der Waals surface area contributed by atoms with Gasteiger partial charge in [-0.25, -0.2) is 8.42 Å². The number of anilines is 1. The predicted octanol–water partition coefficient (Wildman–Crippen LogP) is 4.59. The van der Waals surface area contributed by atoms with Crippen LogP contribution in [0.1, 0.15) is 39.2 Å². The molecule has 2 aromatic carbocycles. The van der Waals surface area contributed by atoms with E-state index in [1.54, 1.807) is 48.5 Å². The number of carbonyl (C=O) groups excluding carboxylic acids is 2. The summed E-state index contributed by atoms with van der Waals surface area (Å²) in [4.78, 5) is 28.1. The van der Waals surface area contributed by atoms with Crippen molar-refractivity contribution in [1.82, 2.24) is 10.2 Å². The number of amides is 2. The lowest BCUT2D eigenvalue weighted by molar-refractivity contribution is -0.140. The minimum atomic E-state index is -3.79. The summed E-state index contributed by atoms with van der Waals surface area (Å²) in [5, 5.41) is 3.50. The minimum Gasteiger partial charge on any atom is -0.352 e. The zero-order valence-corrected chi connectivity index (χ0v) is 23.0. The molecule has 2 rings (SSSR count). The Morgan fingerprint density at radius 1 is 1.06 bits per heavy atom. The molecule has 0 saturated heterocycles. The Bertz CT molecular complexity index is 1100. The molecule has 0 fully saturated rings. The summed E-state index contributed by atoms with van der Waals surface area (Å²) in [6.45, 7) is 5.38. The van der Waals surface area contributed by atoms with Gasteiger partial charge in [0, 0.05) is 22.1 Å². The lowest BCUT2D eigenvalue weighted by atomic mass is 10.1. The number of carbonyl (C=O) groups is 2. The van der Waals surface area contributed by atoms with Gasteiger partial charge in [0.2, 0.25) is 21.8 Å². The molecule has 2 atom stereocenters. The zero-order valence-electron chi connectivity index (χ0n) is 19.8. The number of nitrogens with one attached hydrogen (secondary N) is 1. The van der Waals surface area contributed by atoms with Crippen LogP contribution < -0.4 is 9.62 Å². The van der Waals surface area contributed by atoms with Gasteiger partial charge < -0.3 is 10.2 Å². The summed E-state index contributed by atoms with van der Waals surface area (Å²) in [5.41, 5.74) is 1.13. The largest absolute Gasteiger partial charge is 0.352 e. The molecular weight excluding hydrogens is 542 g/mol. The summed E-state index contributed by atoms with van der Waals surface area (Å²) in [6, 6.07) is 12.9. The highest BCUT2D eigenvalue weighted by Gasteiger charge is 2.32. The zero-order chi connectivity index (χ0) is 25.5. The summed E-state index contributed by atoms with van der Waals surface area (Å²) in [7, 11) is -3.79. The molecule has 186 valence electrons. The third-order valence-corrected chi connectivity index (χ3v) is 7.50. The van der Waals surface area contributed by atoms with Crippen molar-refractivity contribution in [2.75, 3.05) is 17.1 Å². The average molecular weight is 573 g/mol. The van der Waals surface area contributed by atoms with E-state index in [1.165, 1.54) is 4.90 Å². The Balaban J connectivity index is 2.44. The van der Waals surface area contributed by atoms with Gasteiger partial charge >= 0.3 is 0 Å². The number of para-hydroxylation sites is 1. The topological polar surface area (TPSA) is 86.8 Å². The maximum atomic E-state index is 13.6. The van der Waals surface area contributed by atoms with Gasteiger partial charge in [0.15, 0.2) is 0 Å². The van der Waals surface area contributed by atoms with E-state index < -0.39 is 28.5 Å². The molecule has 0 radical (unpaired) electrons. The molecule has 2 aromatic rings. The molecule has 1 N–H and O–H groups in total. The molecule has 0 aliphatic rings. The number of nitrogens with zero attached hydrogens (tertiary/aromatic N) is 2. The molecule has 0 bridgehead atoms. The molecule has 0 unspecified atom stereocenters. The monoisotopic (exact) mass is 571 g/mol. The van der Waals surface area contributed by atoms with Gasteiger partial charge in [-0.1, -0.05) is 49.7 Å². The number of sulfonamides is 1. The van der Waals surface area contributed by atoms with Gasteiger partial charge in [0.05, 0.1) is 11.9 Å². The smallest absolute Gasteiger partial charge is 0.244 e. The van der Waals surface area contributed by atoms with Crippen molar-refractivity contribution in [2.24, 2.45) is 0 Å². The third-order valence-electron chi connectivity index (χ3n) is 5.45. The number of rotatable bonds is 11. The van der Waals surface area contributed by atoms with E-state index in [0.717, 1.165) is 22.5 Å². The number of benzene rings is 2. The van der Waals surface area contributed by atoms with Crippen molar-refractivity contribution in [3.63, 3.8) is 0 Å². The Kier molecular flexibility index (Phi) is 10.4. The van der Waals surface area contributed by atoms with E-state index in [4.69, 9.17) is 11.6 Å². The number of halogens is 2. The van der Waals surface area contributed by atoms with E-state index in [9.17, 15) is 18.0 Å². The normalized spacial score (nSPS) is 13.1. The fraction of sp³-hybridized carbons (Fsp3) is 0.417. The highest BCUT2D eigenvalue weighted by molar-refractivity contribution is 9.10. The first-order chi connectivity index (χ1) is 16.0. The van der Waals surface area contributed by atoms with Crippen molar-refractivity contribution < 1.29 is 18.0 Å². The molecule has 0 spiro atoms. The first-order valence-corrected chi connectivity index (χ1v) is 14.1. The van der Waals surface area contributed by atoms with Crippen molar-refractivity contribution in [1.29, 1.82) is 0 Å². The van der Waals surface area contributed by atoms with Crippen LogP contribution in [0.25, 0.3) is 0 Å². The first-order valence-electron chi connectivity index (χ1n) is 11.0. The highest BCUT2D eigenvalue weighted by atomic mass is 79.9. The van der Waals surface area contributed by atoms with Crippen molar-refractivity contribution in [2.45, 2.75) is 52.2 Å². The summed E-state index contributed by atoms with van der Waals surface area (Å²) in [5.74, 6) is -0.756. The van der Waals surface area contributed by atoms with Crippen LogP contribution >= 0.6 is 27.5 Å². The lowest BCUT2D eigenvalue weighted by Gasteiger charge is -2.33. The van der Waals surface area contributed by atoms with E-state index in [2.05, 4.69) is 21.2 Å². The van der Waals surface area contributed by atoms with Crippen LogP contribution in [0.4, 0.5) is 5.69 Å². The fourth-order valence-corrected chi connectivity index (χ4v) is 5.00. The van der Waals surface area contributed by atoms with Gasteiger partial charge in [-0.05, 0) is 65.5 Å². The standard InChI is InChI=1S/C24H31BrClN3O4S/c1-5-17(3)27-24(31)21(6-2)28(15-18-11-13-19(26)14-12-18)23(30)16-29(34(4,32)33)22-10-8-7-9-20(22)25/h7-14,17,21H,5-6,15-16H2,1-4H3,(H,27,31)/t17-,21-/m0/s1. The second kappa shape index (κ2) is 12.6. The molecule has 7 nitrogen and oxygen atoms in total. The Morgan fingerprint density at radius 2 is 1.68 bits per heavy atom. The van der Waals surface area contributed by atoms with Crippen LogP contribution in [-0.2, 0) is 26.2 Å². The van der Waals surface area contributed by atoms with E-state index in [1.807, 2.05) is 20.8 Å². The molecule has 0 saturated carbocycles. The van der Waals surface area contributed by atoms with Gasteiger partial charge in [-0.3, -0.25) is 13.9 Å². The maximum absolute atomic E-state index is 13.6. The number of hydrogen-bond acceptors (Lipinski definition) is 4. The van der Waals surface area contributed by atoms with Gasteiger partial charge in [-0.2, -0.15) is 0 Å². The summed E-state index contributed by atoms with van der Waals surface area (Å²) >= 11 is 9.37. The average Bonchev–Trinajstić information content (AvgIpc) is 2.78. The highest BCUT2D eigenvalue weighted by Crippen LogP contribution is 2.28. The van der Waals surface area contributed by atoms with Gasteiger partial charge in [0.1, 0.15) is 12.6 Å². The third kappa shape index (κ3) is 7.71. The van der Waals surface area contributed by atoms with Crippen molar-refractivity contribution in [3.05, 3.63) is 63.6 Å². The van der Waals surface area contributed by atoms with E-state index in [-0.39, 0.29) is 18.5 Å². The maximum Gasteiger partial charge on any atom is 0.244 e. The Hall–Kier alpha value is -2.10. The van der Waals surface area contributed by atoms with Crippen LogP contribution in [0.2, 0.25) is 5.02 Å². The molecule has 10 heteroatoms. The van der Waals surface area contributed by atoms with Gasteiger partial charge in [0.25, 0.3) is 0 Å². The molecule has 2 amide bonds. The van der Waals surface area contributed by atoms with E-state index >= 15 is 0 Å². The van der Waals surface area contributed by atoms with Crippen LogP contribution in [0.3, 0.4) is 0 Å². The van der Waals surface area contributed by atoms with Crippen LogP contribution in [0.15, 0.2) is 53.0 Å². The van der Waals surface area contributed by atoms with E-state index in [0.29, 0.717) is 21.6 Å². The lowest BCUT2D eigenvalue weighted by Crippen LogP contribution is -2.53. The van der Waals surface area contributed by atoms with Crippen molar-refractivity contribution in [3.8, 4) is 0 Å². The molecule has 34 heavy (non-hydrogen) atoms. The summed E-state index contributed by atoms with van der Waals surface area (Å²) < 4.78 is 26.9. The minimum absolute atomic E-state index is 0.0539. The first kappa shape index (κ1) is 28.1. The molecular formula is C24H31BrClN3O4S. The molecule has 0 aliphatic carbocycles. The van der Waals surface area contributed by atoms with Crippen LogP contribution in [-0.4, -0.2) is 50.0 Å². The SMILES string of the molecule is CC[C@H](C)NC(=O)[C@H](CC)N(Cc1ccc(Cl)cc1)C(=O)CN(c1ccccc1Br)S(C)(=O)=O.